The maximum absolute atomic E-state index is 7.12. The molecule has 2 heterocycles. The second kappa shape index (κ2) is 2.74. The molecule has 0 fully saturated rings. The molecule has 2 aromatic heterocycles. The van der Waals surface area contributed by atoms with Gasteiger partial charge in [0.25, 0.3) is 0 Å². The third-order valence-electron chi connectivity index (χ3n) is 1.47. The van der Waals surface area contributed by atoms with Crippen molar-refractivity contribution in [3.63, 3.8) is 0 Å². The van der Waals surface area contributed by atoms with Gasteiger partial charge in [-0.3, -0.25) is 5.41 Å². The molecule has 0 atom stereocenters. The van der Waals surface area contributed by atoms with Crippen LogP contribution in [0.2, 0.25) is 0 Å². The number of nitrogens with two attached hydrogens (primary N) is 1. The van der Waals surface area contributed by atoms with E-state index in [9.17, 15) is 0 Å². The summed E-state index contributed by atoms with van der Waals surface area (Å²) in [6.45, 7) is 0. The number of aromatic nitrogens is 4. The molecule has 0 aliphatic heterocycles. The van der Waals surface area contributed by atoms with Crippen LogP contribution in [0.15, 0.2) is 18.6 Å². The van der Waals surface area contributed by atoms with Crippen LogP contribution in [0, 0.1) is 5.41 Å². The van der Waals surface area contributed by atoms with Crippen molar-refractivity contribution >= 4 is 17.0 Å². The van der Waals surface area contributed by atoms with Crippen LogP contribution in [0.3, 0.4) is 0 Å². The highest BCUT2D eigenvalue weighted by Crippen LogP contribution is 2.01. The second-order valence-corrected chi connectivity index (χ2v) is 2.37. The lowest BCUT2D eigenvalue weighted by Crippen LogP contribution is -2.15. The summed E-state index contributed by atoms with van der Waals surface area (Å²) in [4.78, 5) is 15.7. The summed E-state index contributed by atoms with van der Waals surface area (Å²) in [7, 11) is 0. The van der Waals surface area contributed by atoms with Gasteiger partial charge in [0.15, 0.2) is 17.3 Å². The number of rotatable bonds is 1. The van der Waals surface area contributed by atoms with Crippen molar-refractivity contribution in [3.05, 3.63) is 24.4 Å². The Morgan fingerprint density at radius 3 is 2.77 bits per heavy atom. The number of hydrogen-bond acceptors (Lipinski definition) is 5. The van der Waals surface area contributed by atoms with Crippen molar-refractivity contribution in [1.82, 2.24) is 19.9 Å². The van der Waals surface area contributed by atoms with Crippen LogP contribution in [0.4, 0.5) is 0 Å². The van der Waals surface area contributed by atoms with Gasteiger partial charge < -0.3 is 5.73 Å². The Labute approximate surface area is 73.4 Å². The zero-order chi connectivity index (χ0) is 9.26. The highest BCUT2D eigenvalue weighted by atomic mass is 15.0. The van der Waals surface area contributed by atoms with Crippen LogP contribution in [-0.2, 0) is 0 Å². The number of nitrogens with zero attached hydrogens (tertiary/aromatic N) is 4. The third kappa shape index (κ3) is 1.28. The lowest BCUT2D eigenvalue weighted by Gasteiger charge is -1.97. The molecule has 0 radical (unpaired) electrons. The normalized spacial score (nSPS) is 10.2. The molecular formula is C7H6N6. The quantitative estimate of drug-likeness (QED) is 0.456. The summed E-state index contributed by atoms with van der Waals surface area (Å²) in [5, 5.41) is 7.12. The zero-order valence-electron chi connectivity index (χ0n) is 6.60. The maximum Gasteiger partial charge on any atom is 0.196 e. The van der Waals surface area contributed by atoms with Crippen molar-refractivity contribution in [1.29, 1.82) is 5.41 Å². The minimum Gasteiger partial charge on any atom is -0.381 e. The van der Waals surface area contributed by atoms with E-state index in [-0.39, 0.29) is 11.7 Å². The molecule has 0 aliphatic rings. The van der Waals surface area contributed by atoms with Gasteiger partial charge in [0.1, 0.15) is 5.52 Å². The van der Waals surface area contributed by atoms with Crippen LogP contribution in [0.5, 0.6) is 0 Å². The summed E-state index contributed by atoms with van der Waals surface area (Å²) >= 11 is 0. The van der Waals surface area contributed by atoms with Gasteiger partial charge in [-0.05, 0) is 0 Å². The topological polar surface area (TPSA) is 101 Å². The van der Waals surface area contributed by atoms with E-state index >= 15 is 0 Å². The monoisotopic (exact) mass is 174 g/mol. The minimum absolute atomic E-state index is 0.174. The first-order chi connectivity index (χ1) is 6.27. The number of fused-ring (bicyclic) bond motifs is 1. The Bertz CT molecular complexity index is 465. The van der Waals surface area contributed by atoms with E-state index in [2.05, 4.69) is 19.9 Å². The van der Waals surface area contributed by atoms with Gasteiger partial charge in [-0.1, -0.05) is 0 Å². The molecule has 2 rings (SSSR count). The van der Waals surface area contributed by atoms with E-state index in [0.717, 1.165) is 0 Å². The summed E-state index contributed by atoms with van der Waals surface area (Å²) < 4.78 is 0. The first-order valence-corrected chi connectivity index (χ1v) is 3.55. The van der Waals surface area contributed by atoms with Crippen molar-refractivity contribution < 1.29 is 0 Å². The minimum atomic E-state index is -0.174. The maximum atomic E-state index is 7.12. The summed E-state index contributed by atoms with van der Waals surface area (Å²) in [6, 6.07) is 0. The first kappa shape index (κ1) is 7.53. The average Bonchev–Trinajstić information content (AvgIpc) is 2.17. The first-order valence-electron chi connectivity index (χ1n) is 3.55. The predicted octanol–water partition coefficient (Wildman–Crippen LogP) is -0.296. The van der Waals surface area contributed by atoms with Crippen LogP contribution in [0.25, 0.3) is 11.2 Å². The Hall–Kier alpha value is -2.11. The molecule has 6 nitrogen and oxygen atoms in total. The van der Waals surface area contributed by atoms with Crippen LogP contribution in [0.1, 0.15) is 5.82 Å². The van der Waals surface area contributed by atoms with Crippen LogP contribution < -0.4 is 5.73 Å². The van der Waals surface area contributed by atoms with Gasteiger partial charge in [-0.25, -0.2) is 19.9 Å². The highest BCUT2D eigenvalue weighted by Gasteiger charge is 2.02. The molecule has 0 aromatic carbocycles. The van der Waals surface area contributed by atoms with Gasteiger partial charge >= 0.3 is 0 Å². The fourth-order valence-corrected chi connectivity index (χ4v) is 0.900. The molecule has 0 unspecified atom stereocenters. The molecule has 0 aliphatic carbocycles. The highest BCUT2D eigenvalue weighted by molar-refractivity contribution is 5.92. The summed E-state index contributed by atoms with van der Waals surface area (Å²) in [6.07, 6.45) is 4.57. The van der Waals surface area contributed by atoms with E-state index in [4.69, 9.17) is 11.1 Å². The largest absolute Gasteiger partial charge is 0.381 e. The number of nitrogen functional groups attached to an aromatic ring is 1. The fraction of sp³-hybridized carbons (Fsp3) is 0. The van der Waals surface area contributed by atoms with Gasteiger partial charge in [-0.15, -0.1) is 0 Å². The molecule has 0 amide bonds. The molecule has 6 heteroatoms. The molecular weight excluding hydrogens is 168 g/mol. The van der Waals surface area contributed by atoms with Crippen molar-refractivity contribution in [2.24, 2.45) is 5.73 Å². The average molecular weight is 174 g/mol. The Morgan fingerprint density at radius 1 is 1.23 bits per heavy atom. The molecule has 3 N–H and O–H groups in total. The van der Waals surface area contributed by atoms with Crippen molar-refractivity contribution in [2.45, 2.75) is 0 Å². The standard InChI is InChI=1S/C7H6N6/c8-5(9)7-12-3-4-6(13-7)11-2-1-10-4/h1-3H,(H3,8,9). The molecule has 0 saturated carbocycles. The Kier molecular flexibility index (Phi) is 1.59. The fourth-order valence-electron chi connectivity index (χ4n) is 0.900. The van der Waals surface area contributed by atoms with E-state index in [0.29, 0.717) is 11.2 Å². The SMILES string of the molecule is N=C(N)c1ncc2nccnc2n1. The van der Waals surface area contributed by atoms with Crippen molar-refractivity contribution in [3.8, 4) is 0 Å². The molecule has 64 valence electrons. The lowest BCUT2D eigenvalue weighted by molar-refractivity contribution is 1.11. The van der Waals surface area contributed by atoms with Gasteiger partial charge in [0, 0.05) is 12.4 Å². The summed E-state index contributed by atoms with van der Waals surface area (Å²) in [5.74, 6) is 0.000512. The van der Waals surface area contributed by atoms with Crippen molar-refractivity contribution in [2.75, 3.05) is 0 Å². The van der Waals surface area contributed by atoms with Gasteiger partial charge in [0.05, 0.1) is 6.20 Å². The van der Waals surface area contributed by atoms with Crippen LogP contribution in [-0.4, -0.2) is 25.8 Å². The molecule has 0 saturated heterocycles. The smallest absolute Gasteiger partial charge is 0.196 e. The lowest BCUT2D eigenvalue weighted by atomic mass is 10.4. The molecule has 2 aromatic rings. The number of hydrogen-bond donors (Lipinski definition) is 2. The van der Waals surface area contributed by atoms with Gasteiger partial charge in [-0.2, -0.15) is 0 Å². The number of amidine groups is 1. The number of nitrogens with one attached hydrogen (secondary N) is 1. The molecule has 13 heavy (non-hydrogen) atoms. The summed E-state index contributed by atoms with van der Waals surface area (Å²) in [5.41, 5.74) is 6.25. The molecule has 0 bridgehead atoms. The zero-order valence-corrected chi connectivity index (χ0v) is 6.60. The predicted molar refractivity (Wildman–Crippen MR) is 46.1 cm³/mol. The van der Waals surface area contributed by atoms with Crippen LogP contribution >= 0.6 is 0 Å². The van der Waals surface area contributed by atoms with E-state index in [1.807, 2.05) is 0 Å². The third-order valence-corrected chi connectivity index (χ3v) is 1.47. The molecule has 0 spiro atoms. The van der Waals surface area contributed by atoms with E-state index < -0.39 is 0 Å². The van der Waals surface area contributed by atoms with Gasteiger partial charge in [0.2, 0.25) is 0 Å². The Morgan fingerprint density at radius 2 is 2.00 bits per heavy atom. The Balaban J connectivity index is 2.69. The second-order valence-electron chi connectivity index (χ2n) is 2.37. The van der Waals surface area contributed by atoms with E-state index in [1.54, 1.807) is 6.20 Å². The van der Waals surface area contributed by atoms with E-state index in [1.165, 1.54) is 12.4 Å².